The van der Waals surface area contributed by atoms with Crippen LogP contribution in [0.25, 0.3) is 0 Å². The molecule has 1 fully saturated rings. The zero-order chi connectivity index (χ0) is 13.7. The number of hydrogen-bond donors (Lipinski definition) is 1. The number of ether oxygens (including phenoxy) is 3. The molecule has 0 unspecified atom stereocenters. The molecule has 1 N–H and O–H groups in total. The molecule has 0 spiro atoms. The van der Waals surface area contributed by atoms with Crippen LogP contribution in [0.4, 0.5) is 0 Å². The standard InChI is InChI=1S/C15H23NO3/c1-17-9-8-16-11-15(6-7-15)12-4-5-13(18-2)14(10-12)19-3/h4-5,10,16H,6-9,11H2,1-3H3. The monoisotopic (exact) mass is 265 g/mol. The second-order valence-corrected chi connectivity index (χ2v) is 5.02. The molecule has 106 valence electrons. The molecule has 1 saturated carbocycles. The summed E-state index contributed by atoms with van der Waals surface area (Å²) in [5, 5.41) is 3.46. The Morgan fingerprint density at radius 2 is 1.84 bits per heavy atom. The van der Waals surface area contributed by atoms with Gasteiger partial charge in [0, 0.05) is 25.6 Å². The largest absolute Gasteiger partial charge is 0.493 e. The van der Waals surface area contributed by atoms with Gasteiger partial charge in [0.2, 0.25) is 0 Å². The third-order valence-electron chi connectivity index (χ3n) is 3.80. The summed E-state index contributed by atoms with van der Waals surface area (Å²) in [5.41, 5.74) is 1.60. The fraction of sp³-hybridized carbons (Fsp3) is 0.600. The Labute approximate surface area is 115 Å². The minimum Gasteiger partial charge on any atom is -0.493 e. The normalized spacial score (nSPS) is 16.2. The van der Waals surface area contributed by atoms with E-state index in [9.17, 15) is 0 Å². The van der Waals surface area contributed by atoms with Gasteiger partial charge >= 0.3 is 0 Å². The van der Waals surface area contributed by atoms with Gasteiger partial charge in [-0.1, -0.05) is 6.07 Å². The molecule has 0 aromatic heterocycles. The van der Waals surface area contributed by atoms with Gasteiger partial charge in [-0.3, -0.25) is 0 Å². The molecule has 0 amide bonds. The average molecular weight is 265 g/mol. The van der Waals surface area contributed by atoms with E-state index in [0.717, 1.165) is 31.2 Å². The Hall–Kier alpha value is -1.26. The number of nitrogens with one attached hydrogen (secondary N) is 1. The highest BCUT2D eigenvalue weighted by Crippen LogP contribution is 2.49. The smallest absolute Gasteiger partial charge is 0.161 e. The van der Waals surface area contributed by atoms with Crippen molar-refractivity contribution in [2.75, 3.05) is 41.0 Å². The summed E-state index contributed by atoms with van der Waals surface area (Å²) in [6.45, 7) is 2.64. The van der Waals surface area contributed by atoms with Crippen LogP contribution in [0, 0.1) is 0 Å². The van der Waals surface area contributed by atoms with Crippen LogP contribution in [0.15, 0.2) is 18.2 Å². The summed E-state index contributed by atoms with van der Waals surface area (Å²) in [4.78, 5) is 0. The van der Waals surface area contributed by atoms with Crippen molar-refractivity contribution >= 4 is 0 Å². The molecule has 0 saturated heterocycles. The zero-order valence-corrected chi connectivity index (χ0v) is 12.0. The van der Waals surface area contributed by atoms with E-state index in [1.807, 2.05) is 6.07 Å². The van der Waals surface area contributed by atoms with Crippen molar-refractivity contribution in [3.05, 3.63) is 23.8 Å². The van der Waals surface area contributed by atoms with E-state index in [1.54, 1.807) is 21.3 Å². The van der Waals surface area contributed by atoms with E-state index in [-0.39, 0.29) is 5.41 Å². The molecule has 0 heterocycles. The predicted octanol–water partition coefficient (Wildman–Crippen LogP) is 1.97. The van der Waals surface area contributed by atoms with Gasteiger partial charge in [0.25, 0.3) is 0 Å². The van der Waals surface area contributed by atoms with Crippen LogP contribution in [-0.2, 0) is 10.2 Å². The van der Waals surface area contributed by atoms with Crippen molar-refractivity contribution in [2.45, 2.75) is 18.3 Å². The molecule has 1 aromatic carbocycles. The molecule has 0 atom stereocenters. The van der Waals surface area contributed by atoms with Crippen molar-refractivity contribution in [1.82, 2.24) is 5.32 Å². The maximum atomic E-state index is 5.38. The van der Waals surface area contributed by atoms with Gasteiger partial charge in [-0.25, -0.2) is 0 Å². The summed E-state index contributed by atoms with van der Waals surface area (Å²) in [5.74, 6) is 1.59. The third-order valence-corrected chi connectivity index (χ3v) is 3.80. The van der Waals surface area contributed by atoms with Crippen LogP contribution >= 0.6 is 0 Å². The quantitative estimate of drug-likeness (QED) is 0.730. The highest BCUT2D eigenvalue weighted by Gasteiger charge is 2.44. The molecule has 4 heteroatoms. The van der Waals surface area contributed by atoms with E-state index in [1.165, 1.54) is 18.4 Å². The SMILES string of the molecule is COCCNCC1(c2ccc(OC)c(OC)c2)CC1. The van der Waals surface area contributed by atoms with E-state index < -0.39 is 0 Å². The summed E-state index contributed by atoms with van der Waals surface area (Å²) >= 11 is 0. The zero-order valence-electron chi connectivity index (χ0n) is 12.0. The Morgan fingerprint density at radius 1 is 1.11 bits per heavy atom. The molecule has 4 nitrogen and oxygen atoms in total. The fourth-order valence-electron chi connectivity index (χ4n) is 2.39. The van der Waals surface area contributed by atoms with Crippen molar-refractivity contribution < 1.29 is 14.2 Å². The van der Waals surface area contributed by atoms with Gasteiger partial charge in [0.1, 0.15) is 0 Å². The van der Waals surface area contributed by atoms with Crippen LogP contribution < -0.4 is 14.8 Å². The van der Waals surface area contributed by atoms with Gasteiger partial charge in [-0.15, -0.1) is 0 Å². The average Bonchev–Trinajstić information content (AvgIpc) is 3.24. The van der Waals surface area contributed by atoms with Crippen LogP contribution in [-0.4, -0.2) is 41.0 Å². The number of methoxy groups -OCH3 is 3. The van der Waals surface area contributed by atoms with Gasteiger partial charge in [-0.2, -0.15) is 0 Å². The van der Waals surface area contributed by atoms with E-state index in [4.69, 9.17) is 14.2 Å². The number of hydrogen-bond acceptors (Lipinski definition) is 4. The molecular weight excluding hydrogens is 242 g/mol. The summed E-state index contributed by atoms with van der Waals surface area (Å²) in [6.07, 6.45) is 2.45. The molecule has 19 heavy (non-hydrogen) atoms. The molecule has 1 aliphatic rings. The summed E-state index contributed by atoms with van der Waals surface area (Å²) in [6, 6.07) is 6.24. The summed E-state index contributed by atoms with van der Waals surface area (Å²) in [7, 11) is 5.07. The van der Waals surface area contributed by atoms with E-state index in [0.29, 0.717) is 0 Å². The fourth-order valence-corrected chi connectivity index (χ4v) is 2.39. The second-order valence-electron chi connectivity index (χ2n) is 5.02. The summed E-state index contributed by atoms with van der Waals surface area (Å²) < 4.78 is 15.7. The molecule has 2 rings (SSSR count). The molecule has 1 aromatic rings. The molecular formula is C15H23NO3. The first kappa shape index (κ1) is 14.2. The number of rotatable bonds is 8. The molecule has 0 bridgehead atoms. The molecule has 0 aliphatic heterocycles. The first-order valence-electron chi connectivity index (χ1n) is 6.68. The van der Waals surface area contributed by atoms with Crippen molar-refractivity contribution in [2.24, 2.45) is 0 Å². The minimum absolute atomic E-state index is 0.271. The Bertz CT molecular complexity index is 416. The lowest BCUT2D eigenvalue weighted by atomic mass is 9.95. The topological polar surface area (TPSA) is 39.7 Å². The van der Waals surface area contributed by atoms with Crippen molar-refractivity contribution in [1.29, 1.82) is 0 Å². The van der Waals surface area contributed by atoms with Gasteiger partial charge < -0.3 is 19.5 Å². The Morgan fingerprint density at radius 3 is 2.42 bits per heavy atom. The number of benzene rings is 1. The lowest BCUT2D eigenvalue weighted by molar-refractivity contribution is 0.198. The van der Waals surface area contributed by atoms with E-state index >= 15 is 0 Å². The highest BCUT2D eigenvalue weighted by molar-refractivity contribution is 5.47. The van der Waals surface area contributed by atoms with Crippen LogP contribution in [0.5, 0.6) is 11.5 Å². The van der Waals surface area contributed by atoms with Gasteiger partial charge in [-0.05, 0) is 30.5 Å². The first-order chi connectivity index (χ1) is 9.25. The van der Waals surface area contributed by atoms with Crippen LogP contribution in [0.1, 0.15) is 18.4 Å². The molecule has 0 radical (unpaired) electrons. The first-order valence-corrected chi connectivity index (χ1v) is 6.68. The Kier molecular flexibility index (Phi) is 4.66. The van der Waals surface area contributed by atoms with Crippen molar-refractivity contribution in [3.63, 3.8) is 0 Å². The Balaban J connectivity index is 2.04. The lowest BCUT2D eigenvalue weighted by Gasteiger charge is -2.18. The predicted molar refractivity (Wildman–Crippen MR) is 75.2 cm³/mol. The minimum atomic E-state index is 0.271. The van der Waals surface area contributed by atoms with Crippen LogP contribution in [0.2, 0.25) is 0 Å². The second kappa shape index (κ2) is 6.26. The van der Waals surface area contributed by atoms with Crippen molar-refractivity contribution in [3.8, 4) is 11.5 Å². The van der Waals surface area contributed by atoms with E-state index in [2.05, 4.69) is 17.4 Å². The van der Waals surface area contributed by atoms with Gasteiger partial charge in [0.05, 0.1) is 20.8 Å². The molecule has 1 aliphatic carbocycles. The maximum Gasteiger partial charge on any atom is 0.161 e. The third kappa shape index (κ3) is 3.19. The lowest BCUT2D eigenvalue weighted by Crippen LogP contribution is -2.29. The van der Waals surface area contributed by atoms with Gasteiger partial charge in [0.15, 0.2) is 11.5 Å². The van der Waals surface area contributed by atoms with Crippen LogP contribution in [0.3, 0.4) is 0 Å². The highest BCUT2D eigenvalue weighted by atomic mass is 16.5. The maximum absolute atomic E-state index is 5.38.